The second kappa shape index (κ2) is 11.8. The number of amides is 1. The molecule has 2 aromatic carbocycles. The van der Waals surface area contributed by atoms with Gasteiger partial charge in [0.1, 0.15) is 6.61 Å². The predicted molar refractivity (Wildman–Crippen MR) is 165 cm³/mol. The van der Waals surface area contributed by atoms with Crippen LogP contribution in [0.1, 0.15) is 34.7 Å². The van der Waals surface area contributed by atoms with Crippen molar-refractivity contribution in [3.63, 3.8) is 0 Å². The van der Waals surface area contributed by atoms with Crippen LogP contribution in [0.15, 0.2) is 66.9 Å². The molecule has 1 fully saturated rings. The van der Waals surface area contributed by atoms with Crippen LogP contribution in [-0.2, 0) is 9.53 Å². The lowest BCUT2D eigenvalue weighted by atomic mass is 9.96. The molecule has 2 N–H and O–H groups in total. The SMILES string of the molecule is COCC(=O)Nc1ccc(N2C(=S)N[C@@H](c3ccccn3)[C@H]2c2cc(C)n(-c3cccc(Cl)c3Cl)c2C)cc1Cl. The summed E-state index contributed by atoms with van der Waals surface area (Å²) in [5.41, 5.74) is 5.90. The van der Waals surface area contributed by atoms with E-state index in [1.54, 1.807) is 24.4 Å². The first kappa shape index (κ1) is 28.4. The standard InChI is InChI=1S/C29H26Cl3N5O2S/c1-16-13-19(17(2)36(16)24-9-6-7-20(30)26(24)32)28-27(23-8-4-5-12-33-23)35-29(40)37(28)18-10-11-22(21(31)14-18)34-25(38)15-39-3/h4-14,27-28H,15H2,1-3H3,(H,34,38)(H,35,40)/t27-,28+/m0/s1. The Hall–Kier alpha value is -3.14. The van der Waals surface area contributed by atoms with Gasteiger partial charge >= 0.3 is 0 Å². The van der Waals surface area contributed by atoms with E-state index >= 15 is 0 Å². The fourth-order valence-corrected chi connectivity index (χ4v) is 6.09. The second-order valence-electron chi connectivity index (χ2n) is 9.38. The molecule has 0 radical (unpaired) electrons. The maximum absolute atomic E-state index is 12.1. The maximum Gasteiger partial charge on any atom is 0.250 e. The van der Waals surface area contributed by atoms with Crippen molar-refractivity contribution in [1.82, 2.24) is 14.9 Å². The van der Waals surface area contributed by atoms with Gasteiger partial charge in [-0.05, 0) is 80.2 Å². The van der Waals surface area contributed by atoms with Crippen molar-refractivity contribution in [1.29, 1.82) is 0 Å². The molecule has 0 spiro atoms. The van der Waals surface area contributed by atoms with Crippen molar-refractivity contribution in [3.05, 3.63) is 105 Å². The van der Waals surface area contributed by atoms with Crippen molar-refractivity contribution >= 4 is 69.4 Å². The minimum atomic E-state index is -0.296. The lowest BCUT2D eigenvalue weighted by Crippen LogP contribution is -2.29. The van der Waals surface area contributed by atoms with Gasteiger partial charge in [-0.15, -0.1) is 0 Å². The number of carbonyl (C=O) groups is 1. The lowest BCUT2D eigenvalue weighted by Gasteiger charge is -2.28. The molecule has 0 aliphatic carbocycles. The van der Waals surface area contributed by atoms with E-state index in [1.165, 1.54) is 7.11 Å². The lowest BCUT2D eigenvalue weighted by molar-refractivity contribution is -0.119. The number of pyridine rings is 1. The number of rotatable bonds is 7. The molecule has 11 heteroatoms. The quantitative estimate of drug-likeness (QED) is 0.214. The first-order chi connectivity index (χ1) is 19.2. The van der Waals surface area contributed by atoms with Crippen molar-refractivity contribution < 1.29 is 9.53 Å². The maximum atomic E-state index is 12.1. The Labute approximate surface area is 253 Å². The molecule has 1 saturated heterocycles. The smallest absolute Gasteiger partial charge is 0.250 e. The molecular formula is C29H26Cl3N5O2S. The monoisotopic (exact) mass is 613 g/mol. The number of anilines is 2. The molecule has 7 nitrogen and oxygen atoms in total. The minimum absolute atomic E-state index is 0.0711. The van der Waals surface area contributed by atoms with Crippen molar-refractivity contribution in [2.45, 2.75) is 25.9 Å². The number of thiocarbonyl (C=S) groups is 1. The molecule has 0 bridgehead atoms. The first-order valence-corrected chi connectivity index (χ1v) is 14.0. The van der Waals surface area contributed by atoms with Crippen molar-refractivity contribution in [2.75, 3.05) is 23.9 Å². The van der Waals surface area contributed by atoms with E-state index in [4.69, 9.17) is 51.8 Å². The zero-order chi connectivity index (χ0) is 28.6. The van der Waals surface area contributed by atoms with Gasteiger partial charge in [0.15, 0.2) is 5.11 Å². The van der Waals surface area contributed by atoms with Crippen LogP contribution < -0.4 is 15.5 Å². The summed E-state index contributed by atoms with van der Waals surface area (Å²) >= 11 is 25.5. The largest absolute Gasteiger partial charge is 0.375 e. The van der Waals surface area contributed by atoms with Crippen LogP contribution in [-0.4, -0.2) is 34.3 Å². The van der Waals surface area contributed by atoms with Crippen LogP contribution in [0.5, 0.6) is 0 Å². The summed E-state index contributed by atoms with van der Waals surface area (Å²) in [5.74, 6) is -0.296. The van der Waals surface area contributed by atoms with E-state index in [0.717, 1.165) is 34.0 Å². The fraction of sp³-hybridized carbons (Fsp3) is 0.207. The normalized spacial score (nSPS) is 16.8. The summed E-state index contributed by atoms with van der Waals surface area (Å²) in [6, 6.07) is 18.4. The number of nitrogens with zero attached hydrogens (tertiary/aromatic N) is 3. The zero-order valence-corrected chi connectivity index (χ0v) is 25.0. The highest BCUT2D eigenvalue weighted by molar-refractivity contribution is 7.80. The molecule has 0 unspecified atom stereocenters. The van der Waals surface area contributed by atoms with Crippen LogP contribution in [0.4, 0.5) is 11.4 Å². The Balaban J connectivity index is 1.63. The van der Waals surface area contributed by atoms with Crippen LogP contribution in [0, 0.1) is 13.8 Å². The Morgan fingerprint density at radius 1 is 1.07 bits per heavy atom. The van der Waals surface area contributed by atoms with Crippen LogP contribution in [0.2, 0.25) is 15.1 Å². The number of ether oxygens (including phenoxy) is 1. The van der Waals surface area contributed by atoms with Crippen molar-refractivity contribution in [2.24, 2.45) is 0 Å². The molecule has 40 heavy (non-hydrogen) atoms. The number of methoxy groups -OCH3 is 1. The van der Waals surface area contributed by atoms with E-state index in [-0.39, 0.29) is 24.6 Å². The summed E-state index contributed by atoms with van der Waals surface area (Å²) < 4.78 is 7.01. The second-order valence-corrected chi connectivity index (χ2v) is 11.0. The number of carbonyl (C=O) groups excluding carboxylic acids is 1. The van der Waals surface area contributed by atoms with Gasteiger partial charge in [-0.1, -0.05) is 46.9 Å². The summed E-state index contributed by atoms with van der Waals surface area (Å²) in [7, 11) is 1.46. The van der Waals surface area contributed by atoms with Gasteiger partial charge in [-0.25, -0.2) is 0 Å². The average molecular weight is 615 g/mol. The Bertz CT molecular complexity index is 1590. The Kier molecular flexibility index (Phi) is 8.35. The average Bonchev–Trinajstić information content (AvgIpc) is 3.42. The van der Waals surface area contributed by atoms with Gasteiger partial charge in [-0.3, -0.25) is 9.78 Å². The molecule has 2 atom stereocenters. The number of halogens is 3. The summed E-state index contributed by atoms with van der Waals surface area (Å²) in [4.78, 5) is 18.7. The summed E-state index contributed by atoms with van der Waals surface area (Å²) in [6.45, 7) is 4.01. The summed E-state index contributed by atoms with van der Waals surface area (Å²) in [6.07, 6.45) is 1.77. The molecule has 5 rings (SSSR count). The number of aryl methyl sites for hydroxylation is 1. The molecule has 1 aliphatic rings. The number of aromatic nitrogens is 2. The van der Waals surface area contributed by atoms with Gasteiger partial charge in [0.25, 0.3) is 0 Å². The van der Waals surface area contributed by atoms with Gasteiger partial charge in [0.05, 0.1) is 44.2 Å². The van der Waals surface area contributed by atoms with Crippen molar-refractivity contribution in [3.8, 4) is 5.69 Å². The van der Waals surface area contributed by atoms with Crippen LogP contribution in [0.3, 0.4) is 0 Å². The third kappa shape index (κ3) is 5.30. The zero-order valence-electron chi connectivity index (χ0n) is 21.9. The highest BCUT2D eigenvalue weighted by atomic mass is 35.5. The highest BCUT2D eigenvalue weighted by Crippen LogP contribution is 2.45. The molecule has 3 heterocycles. The highest BCUT2D eigenvalue weighted by Gasteiger charge is 2.42. The van der Waals surface area contributed by atoms with Gasteiger partial charge in [0, 0.05) is 30.4 Å². The fourth-order valence-electron chi connectivity index (χ4n) is 5.14. The van der Waals surface area contributed by atoms with Gasteiger partial charge in [-0.2, -0.15) is 0 Å². The third-order valence-electron chi connectivity index (χ3n) is 6.84. The van der Waals surface area contributed by atoms with E-state index < -0.39 is 0 Å². The minimum Gasteiger partial charge on any atom is -0.375 e. The van der Waals surface area contributed by atoms with Gasteiger partial charge < -0.3 is 24.8 Å². The third-order valence-corrected chi connectivity index (χ3v) is 8.28. The van der Waals surface area contributed by atoms with E-state index in [9.17, 15) is 4.79 Å². The molecule has 2 aromatic heterocycles. The van der Waals surface area contributed by atoms with Gasteiger partial charge in [0.2, 0.25) is 5.91 Å². The number of hydrogen-bond donors (Lipinski definition) is 2. The summed E-state index contributed by atoms with van der Waals surface area (Å²) in [5, 5.41) is 8.11. The number of benzene rings is 2. The van der Waals surface area contributed by atoms with E-state index in [0.29, 0.717) is 25.9 Å². The van der Waals surface area contributed by atoms with Crippen LogP contribution >= 0.6 is 47.0 Å². The molecule has 4 aromatic rings. The molecular weight excluding hydrogens is 589 g/mol. The van der Waals surface area contributed by atoms with E-state index in [1.807, 2.05) is 48.2 Å². The number of hydrogen-bond acceptors (Lipinski definition) is 4. The predicted octanol–water partition coefficient (Wildman–Crippen LogP) is 7.21. The molecule has 1 aliphatic heterocycles. The first-order valence-electron chi connectivity index (χ1n) is 12.4. The topological polar surface area (TPSA) is 71.4 Å². The number of nitrogens with one attached hydrogen (secondary N) is 2. The molecule has 0 saturated carbocycles. The molecule has 206 valence electrons. The molecule has 1 amide bonds. The Morgan fingerprint density at radius 2 is 1.88 bits per heavy atom. The van der Waals surface area contributed by atoms with Crippen LogP contribution in [0.25, 0.3) is 5.69 Å². The Morgan fingerprint density at radius 3 is 2.58 bits per heavy atom. The van der Waals surface area contributed by atoms with E-state index in [2.05, 4.69) is 33.2 Å².